The number of nitrogens with one attached hydrogen (secondary N) is 2. The van der Waals surface area contributed by atoms with Crippen LogP contribution in [0, 0.1) is 17.7 Å². The van der Waals surface area contributed by atoms with E-state index < -0.39 is 5.82 Å². The summed E-state index contributed by atoms with van der Waals surface area (Å²) in [6.07, 6.45) is 3.72. The molecule has 1 aromatic rings. The summed E-state index contributed by atoms with van der Waals surface area (Å²) in [6, 6.07) is 4.17. The smallest absolute Gasteiger partial charge is 0.258 e. The average molecular weight is 471 g/mol. The van der Waals surface area contributed by atoms with Crippen molar-refractivity contribution in [1.29, 1.82) is 0 Å². The topological polar surface area (TPSA) is 76.7 Å². The third-order valence-electron chi connectivity index (χ3n) is 6.54. The van der Waals surface area contributed by atoms with E-state index in [1.165, 1.54) is 12.1 Å². The number of hydrogen-bond acceptors (Lipinski definition) is 5. The van der Waals surface area contributed by atoms with Crippen LogP contribution < -0.4 is 15.4 Å². The molecule has 0 radical (unpaired) electrons. The minimum atomic E-state index is -0.585. The van der Waals surface area contributed by atoms with Gasteiger partial charge in [0.2, 0.25) is 5.91 Å². The van der Waals surface area contributed by atoms with E-state index in [2.05, 4.69) is 10.6 Å². The summed E-state index contributed by atoms with van der Waals surface area (Å²) in [5.41, 5.74) is 0. The Kier molecular flexibility index (Phi) is 7.29. The molecule has 6 atom stereocenters. The van der Waals surface area contributed by atoms with Crippen LogP contribution in [-0.4, -0.2) is 54.2 Å². The van der Waals surface area contributed by atoms with Crippen molar-refractivity contribution in [3.63, 3.8) is 0 Å². The Morgan fingerprint density at radius 3 is 2.61 bits per heavy atom. The molecule has 2 saturated carbocycles. The Morgan fingerprint density at radius 2 is 1.94 bits per heavy atom. The highest BCUT2D eigenvalue weighted by molar-refractivity contribution is 8.00. The molecule has 1 aromatic carbocycles. The van der Waals surface area contributed by atoms with Gasteiger partial charge >= 0.3 is 0 Å². The maximum Gasteiger partial charge on any atom is 0.258 e. The molecule has 1 saturated heterocycles. The number of carbonyl (C=O) groups is 2. The van der Waals surface area contributed by atoms with E-state index in [0.717, 1.165) is 37.5 Å². The van der Waals surface area contributed by atoms with E-state index in [1.54, 1.807) is 11.8 Å². The third kappa shape index (κ3) is 5.12. The first-order chi connectivity index (χ1) is 15.0. The second-order valence-corrected chi connectivity index (χ2v) is 10.0. The lowest BCUT2D eigenvalue weighted by Crippen LogP contribution is -2.47. The number of hydrogen-bond donors (Lipinski definition) is 2. The van der Waals surface area contributed by atoms with Crippen molar-refractivity contribution in [3.05, 3.63) is 29.0 Å². The maximum atomic E-state index is 13.5. The van der Waals surface area contributed by atoms with Crippen LogP contribution in [0.25, 0.3) is 0 Å². The Morgan fingerprint density at radius 1 is 1.19 bits per heavy atom. The molecule has 2 N–H and O–H groups in total. The minimum Gasteiger partial charge on any atom is -0.484 e. The van der Waals surface area contributed by atoms with E-state index in [1.807, 2.05) is 6.92 Å². The van der Waals surface area contributed by atoms with Gasteiger partial charge in [-0.1, -0.05) is 11.6 Å². The first kappa shape index (κ1) is 22.7. The van der Waals surface area contributed by atoms with Crippen LogP contribution in [0.15, 0.2) is 18.2 Å². The van der Waals surface area contributed by atoms with Crippen molar-refractivity contribution >= 4 is 35.2 Å². The molecule has 9 heteroatoms. The lowest BCUT2D eigenvalue weighted by Gasteiger charge is -2.36. The van der Waals surface area contributed by atoms with Crippen molar-refractivity contribution in [1.82, 2.24) is 10.6 Å². The number of carbonyl (C=O) groups excluding carboxylic acids is 2. The Hall–Kier alpha value is -1.51. The summed E-state index contributed by atoms with van der Waals surface area (Å²) in [5, 5.41) is 6.14. The van der Waals surface area contributed by atoms with Gasteiger partial charge in [-0.3, -0.25) is 9.59 Å². The van der Waals surface area contributed by atoms with Crippen LogP contribution in [0.4, 0.5) is 4.39 Å². The van der Waals surface area contributed by atoms with Crippen molar-refractivity contribution in [3.8, 4) is 5.75 Å². The zero-order valence-electron chi connectivity index (χ0n) is 17.4. The Balaban J connectivity index is 1.27. The van der Waals surface area contributed by atoms with Gasteiger partial charge < -0.3 is 20.1 Å². The van der Waals surface area contributed by atoms with Crippen molar-refractivity contribution in [2.45, 2.75) is 56.0 Å². The van der Waals surface area contributed by atoms with Gasteiger partial charge in [-0.05, 0) is 62.3 Å². The normalized spacial score (nSPS) is 31.6. The number of fused-ring (bicyclic) bond motifs is 1. The van der Waals surface area contributed by atoms with Gasteiger partial charge in [0, 0.05) is 24.8 Å². The minimum absolute atomic E-state index is 0.00968. The summed E-state index contributed by atoms with van der Waals surface area (Å²) in [6.45, 7) is 2.37. The summed E-state index contributed by atoms with van der Waals surface area (Å²) in [5.74, 6) is 1.19. The number of halogens is 2. The monoisotopic (exact) mass is 470 g/mol. The number of benzene rings is 1. The molecule has 4 rings (SSSR count). The molecule has 31 heavy (non-hydrogen) atoms. The summed E-state index contributed by atoms with van der Waals surface area (Å²) in [4.78, 5) is 25.2. The lowest BCUT2D eigenvalue weighted by atomic mass is 9.73. The highest BCUT2D eigenvalue weighted by Gasteiger charge is 2.50. The fourth-order valence-corrected chi connectivity index (χ4v) is 6.32. The first-order valence-corrected chi connectivity index (χ1v) is 12.3. The summed E-state index contributed by atoms with van der Waals surface area (Å²) < 4.78 is 24.6. The van der Waals surface area contributed by atoms with Gasteiger partial charge in [0.1, 0.15) is 16.8 Å². The van der Waals surface area contributed by atoms with Crippen LogP contribution >= 0.6 is 23.4 Å². The summed E-state index contributed by atoms with van der Waals surface area (Å²) in [7, 11) is 0. The zero-order valence-corrected chi connectivity index (χ0v) is 19.0. The second-order valence-electron chi connectivity index (χ2n) is 8.37. The highest BCUT2D eigenvalue weighted by atomic mass is 35.5. The molecule has 2 amide bonds. The predicted octanol–water partition coefficient (Wildman–Crippen LogP) is 3.17. The van der Waals surface area contributed by atoms with Crippen LogP contribution in [0.1, 0.15) is 32.6 Å². The highest BCUT2D eigenvalue weighted by Crippen LogP contribution is 2.47. The standard InChI is InChI=1S/C22H28ClFN2O4S/c1-2-29-19-7-8-31-21(19)22(28)26-18-10-17(13-4-5-14(13)18)25-20(27)11-30-12-3-6-15(23)16(24)9-12/h3,6,9,13-14,17-19,21H,2,4-5,7-8,10-11H2,1H3,(H,25,27)(H,26,28)/t13?,14?,17-,18?,19?,21?/m0/s1. The molecule has 5 unspecified atom stereocenters. The predicted molar refractivity (Wildman–Crippen MR) is 118 cm³/mol. The molecule has 1 aliphatic heterocycles. The van der Waals surface area contributed by atoms with Crippen LogP contribution in [-0.2, 0) is 14.3 Å². The molecular weight excluding hydrogens is 443 g/mol. The van der Waals surface area contributed by atoms with Gasteiger partial charge in [0.05, 0.1) is 11.1 Å². The van der Waals surface area contributed by atoms with E-state index in [9.17, 15) is 14.0 Å². The molecular formula is C22H28ClFN2O4S. The quantitative estimate of drug-likeness (QED) is 0.610. The molecule has 0 spiro atoms. The number of amides is 2. The fraction of sp³-hybridized carbons (Fsp3) is 0.636. The average Bonchev–Trinajstić information content (AvgIpc) is 3.24. The fourth-order valence-electron chi connectivity index (χ4n) is 4.93. The molecule has 3 aliphatic rings. The zero-order chi connectivity index (χ0) is 22.0. The molecule has 2 aliphatic carbocycles. The van der Waals surface area contributed by atoms with E-state index >= 15 is 0 Å². The van der Waals surface area contributed by atoms with Gasteiger partial charge in [0.25, 0.3) is 5.91 Å². The van der Waals surface area contributed by atoms with Gasteiger partial charge in [-0.25, -0.2) is 4.39 Å². The third-order valence-corrected chi connectivity index (χ3v) is 8.19. The molecule has 170 valence electrons. The molecule has 0 bridgehead atoms. The number of thioether (sulfide) groups is 1. The molecule has 0 aromatic heterocycles. The molecule has 6 nitrogen and oxygen atoms in total. The van der Waals surface area contributed by atoms with Crippen LogP contribution in [0.2, 0.25) is 5.02 Å². The number of ether oxygens (including phenoxy) is 2. The van der Waals surface area contributed by atoms with Crippen molar-refractivity contribution in [2.24, 2.45) is 11.8 Å². The summed E-state index contributed by atoms with van der Waals surface area (Å²) >= 11 is 7.32. The maximum absolute atomic E-state index is 13.5. The van der Waals surface area contributed by atoms with E-state index in [4.69, 9.17) is 21.1 Å². The largest absolute Gasteiger partial charge is 0.484 e. The molecule has 3 fully saturated rings. The van der Waals surface area contributed by atoms with Crippen LogP contribution in [0.3, 0.4) is 0 Å². The lowest BCUT2D eigenvalue weighted by molar-refractivity contribution is -0.125. The van der Waals surface area contributed by atoms with Gasteiger partial charge in [-0.2, -0.15) is 0 Å². The number of rotatable bonds is 8. The van der Waals surface area contributed by atoms with E-state index in [0.29, 0.717) is 18.4 Å². The SMILES string of the molecule is CCOC1CCSC1C(=O)NC1C[C@H](NC(=O)COc2ccc(Cl)c(F)c2)C2CCC12. The van der Waals surface area contributed by atoms with Gasteiger partial charge in [-0.15, -0.1) is 11.8 Å². The van der Waals surface area contributed by atoms with E-state index in [-0.39, 0.29) is 52.6 Å². The van der Waals surface area contributed by atoms with Crippen molar-refractivity contribution < 1.29 is 23.5 Å². The van der Waals surface area contributed by atoms with Crippen LogP contribution in [0.5, 0.6) is 5.75 Å². The first-order valence-electron chi connectivity index (χ1n) is 10.9. The Bertz CT molecular complexity index is 829. The van der Waals surface area contributed by atoms with Crippen molar-refractivity contribution in [2.75, 3.05) is 19.0 Å². The second kappa shape index (κ2) is 9.96. The van der Waals surface area contributed by atoms with Gasteiger partial charge in [0.15, 0.2) is 6.61 Å². The molecule has 1 heterocycles. The Labute approximate surface area is 190 Å².